The minimum atomic E-state index is -0.242. The minimum Gasteiger partial charge on any atom is -0.462 e. The number of nitrogens with zero attached hydrogens (tertiary/aromatic N) is 4. The predicted molar refractivity (Wildman–Crippen MR) is 98.6 cm³/mol. The van der Waals surface area contributed by atoms with Crippen molar-refractivity contribution < 1.29 is 9.53 Å². The second kappa shape index (κ2) is 7.29. The second-order valence-corrected chi connectivity index (χ2v) is 7.37. The second-order valence-electron chi connectivity index (χ2n) is 6.20. The molecule has 0 radical (unpaired) electrons. The zero-order chi connectivity index (χ0) is 17.9. The summed E-state index contributed by atoms with van der Waals surface area (Å²) >= 11 is 1.42. The molecule has 132 valence electrons. The lowest BCUT2D eigenvalue weighted by Crippen LogP contribution is -2.12. The van der Waals surface area contributed by atoms with Crippen LogP contribution in [0.2, 0.25) is 0 Å². The van der Waals surface area contributed by atoms with Crippen LogP contribution in [-0.2, 0) is 16.1 Å². The maximum absolute atomic E-state index is 12.0. The summed E-state index contributed by atoms with van der Waals surface area (Å²) in [5.41, 5.74) is 2.09. The first-order valence-electron chi connectivity index (χ1n) is 8.45. The maximum atomic E-state index is 12.0. The molecule has 1 saturated heterocycles. The average Bonchev–Trinajstić information content (AvgIpc) is 3.19. The van der Waals surface area contributed by atoms with E-state index in [1.54, 1.807) is 12.4 Å². The van der Waals surface area contributed by atoms with Gasteiger partial charge in [0.05, 0.1) is 6.54 Å². The van der Waals surface area contributed by atoms with E-state index in [4.69, 9.17) is 4.74 Å². The summed E-state index contributed by atoms with van der Waals surface area (Å²) in [5.74, 6) is 0.584. The van der Waals surface area contributed by atoms with E-state index in [0.29, 0.717) is 13.0 Å². The van der Waals surface area contributed by atoms with E-state index < -0.39 is 0 Å². The van der Waals surface area contributed by atoms with Crippen molar-refractivity contribution in [2.75, 3.05) is 0 Å². The highest BCUT2D eigenvalue weighted by molar-refractivity contribution is 8.00. The van der Waals surface area contributed by atoms with Crippen molar-refractivity contribution in [3.8, 4) is 11.4 Å². The summed E-state index contributed by atoms with van der Waals surface area (Å²) in [7, 11) is 0. The Hall–Kier alpha value is -2.67. The predicted octanol–water partition coefficient (Wildman–Crippen LogP) is 3.18. The van der Waals surface area contributed by atoms with Crippen LogP contribution < -0.4 is 0 Å². The summed E-state index contributed by atoms with van der Waals surface area (Å²) in [6, 6.07) is 14.0. The molecule has 6 nitrogen and oxygen atoms in total. The van der Waals surface area contributed by atoms with E-state index in [1.165, 1.54) is 11.8 Å². The van der Waals surface area contributed by atoms with Crippen molar-refractivity contribution >= 4 is 17.7 Å². The van der Waals surface area contributed by atoms with Gasteiger partial charge in [0, 0.05) is 24.4 Å². The highest BCUT2D eigenvalue weighted by Crippen LogP contribution is 2.33. The molecule has 1 aliphatic rings. The Morgan fingerprint density at radius 1 is 1.15 bits per heavy atom. The lowest BCUT2D eigenvalue weighted by molar-refractivity contribution is -0.140. The van der Waals surface area contributed by atoms with Crippen LogP contribution in [0, 0.1) is 0 Å². The van der Waals surface area contributed by atoms with Crippen molar-refractivity contribution in [1.82, 2.24) is 19.7 Å². The fourth-order valence-electron chi connectivity index (χ4n) is 2.94. The van der Waals surface area contributed by atoms with Crippen molar-refractivity contribution in [3.63, 3.8) is 0 Å². The summed E-state index contributed by atoms with van der Waals surface area (Å²) in [6.07, 6.45) is 4.11. The third kappa shape index (κ3) is 3.48. The summed E-state index contributed by atoms with van der Waals surface area (Å²) < 4.78 is 7.32. The van der Waals surface area contributed by atoms with Crippen LogP contribution in [0.1, 0.15) is 18.9 Å². The molecule has 2 aromatic heterocycles. The van der Waals surface area contributed by atoms with E-state index in [-0.39, 0.29) is 17.3 Å². The third-order valence-electron chi connectivity index (χ3n) is 4.21. The Morgan fingerprint density at radius 2 is 1.92 bits per heavy atom. The molecule has 0 aliphatic carbocycles. The molecule has 2 atom stereocenters. The molecule has 26 heavy (non-hydrogen) atoms. The first-order valence-corrected chi connectivity index (χ1v) is 9.33. The number of ether oxygens (including phenoxy) is 1. The van der Waals surface area contributed by atoms with Gasteiger partial charge in [0.25, 0.3) is 0 Å². The molecule has 1 aromatic carbocycles. The standard InChI is InChI=1S/C19H18N4O2S/c1-13-11-16(18(24)25-13)26-19-22-21-17(15-7-9-20-10-8-15)23(19)12-14-5-3-2-4-6-14/h2-10,13,16H,11-12H2,1H3/t13-,16-/m0/s1. The van der Waals surface area contributed by atoms with Crippen LogP contribution in [0.4, 0.5) is 0 Å². The maximum Gasteiger partial charge on any atom is 0.319 e. The number of benzene rings is 1. The SMILES string of the molecule is C[C@H]1C[C@H](Sc2nnc(-c3ccncc3)n2Cc2ccccc2)C(=O)O1. The Kier molecular flexibility index (Phi) is 4.71. The number of carbonyl (C=O) groups excluding carboxylic acids is 1. The Morgan fingerprint density at radius 3 is 2.62 bits per heavy atom. The number of hydrogen-bond acceptors (Lipinski definition) is 6. The number of aromatic nitrogens is 4. The third-order valence-corrected chi connectivity index (χ3v) is 5.40. The molecule has 1 fully saturated rings. The van der Waals surface area contributed by atoms with Gasteiger partial charge in [0.15, 0.2) is 11.0 Å². The molecule has 0 bridgehead atoms. The highest BCUT2D eigenvalue weighted by atomic mass is 32.2. The molecular formula is C19H18N4O2S. The van der Waals surface area contributed by atoms with Crippen LogP contribution >= 0.6 is 11.8 Å². The van der Waals surface area contributed by atoms with Gasteiger partial charge < -0.3 is 4.74 Å². The number of esters is 1. The van der Waals surface area contributed by atoms with Crippen LogP contribution in [0.5, 0.6) is 0 Å². The molecule has 0 amide bonds. The monoisotopic (exact) mass is 366 g/mol. The Labute approximate surface area is 155 Å². The van der Waals surface area contributed by atoms with Crippen LogP contribution in [0.3, 0.4) is 0 Å². The largest absolute Gasteiger partial charge is 0.462 e. The lowest BCUT2D eigenvalue weighted by Gasteiger charge is -2.11. The number of rotatable bonds is 5. The van der Waals surface area contributed by atoms with E-state index in [2.05, 4.69) is 27.3 Å². The zero-order valence-electron chi connectivity index (χ0n) is 14.3. The highest BCUT2D eigenvalue weighted by Gasteiger charge is 2.34. The number of thioether (sulfide) groups is 1. The zero-order valence-corrected chi connectivity index (χ0v) is 15.1. The Bertz CT molecular complexity index is 898. The molecule has 0 saturated carbocycles. The normalized spacial score (nSPS) is 19.5. The van der Waals surface area contributed by atoms with Crippen LogP contribution in [-0.4, -0.2) is 37.1 Å². The first-order chi connectivity index (χ1) is 12.7. The quantitative estimate of drug-likeness (QED) is 0.646. The van der Waals surface area contributed by atoms with Gasteiger partial charge in [-0.05, 0) is 24.6 Å². The summed E-state index contributed by atoms with van der Waals surface area (Å²) in [6.45, 7) is 2.54. The number of pyridine rings is 1. The van der Waals surface area contributed by atoms with E-state index in [0.717, 1.165) is 22.1 Å². The van der Waals surface area contributed by atoms with Gasteiger partial charge in [-0.15, -0.1) is 10.2 Å². The fraction of sp³-hybridized carbons (Fsp3) is 0.263. The molecule has 4 rings (SSSR count). The lowest BCUT2D eigenvalue weighted by atomic mass is 10.2. The van der Waals surface area contributed by atoms with Gasteiger partial charge in [-0.1, -0.05) is 42.1 Å². The number of hydrogen-bond donors (Lipinski definition) is 0. The van der Waals surface area contributed by atoms with Crippen LogP contribution in [0.25, 0.3) is 11.4 Å². The molecule has 1 aliphatic heterocycles. The van der Waals surface area contributed by atoms with Crippen molar-refractivity contribution in [2.45, 2.75) is 36.4 Å². The minimum absolute atomic E-state index is 0.0508. The smallest absolute Gasteiger partial charge is 0.319 e. The topological polar surface area (TPSA) is 69.9 Å². The van der Waals surface area contributed by atoms with Gasteiger partial charge in [0.1, 0.15) is 11.4 Å². The van der Waals surface area contributed by atoms with Gasteiger partial charge in [-0.3, -0.25) is 14.3 Å². The average molecular weight is 366 g/mol. The number of cyclic esters (lactones) is 1. The molecule has 0 N–H and O–H groups in total. The molecule has 0 spiro atoms. The molecule has 3 aromatic rings. The Balaban J connectivity index is 1.69. The molecule has 7 heteroatoms. The molecule has 3 heterocycles. The first kappa shape index (κ1) is 16.8. The van der Waals surface area contributed by atoms with Crippen molar-refractivity contribution in [2.24, 2.45) is 0 Å². The van der Waals surface area contributed by atoms with Gasteiger partial charge in [-0.25, -0.2) is 0 Å². The molecular weight excluding hydrogens is 348 g/mol. The summed E-state index contributed by atoms with van der Waals surface area (Å²) in [5, 5.41) is 9.22. The van der Waals surface area contributed by atoms with E-state index in [9.17, 15) is 4.79 Å². The van der Waals surface area contributed by atoms with Gasteiger partial charge >= 0.3 is 5.97 Å². The summed E-state index contributed by atoms with van der Waals surface area (Å²) in [4.78, 5) is 16.1. The molecule has 0 unspecified atom stereocenters. The van der Waals surface area contributed by atoms with E-state index in [1.807, 2.05) is 41.8 Å². The van der Waals surface area contributed by atoms with E-state index >= 15 is 0 Å². The van der Waals surface area contributed by atoms with Crippen LogP contribution in [0.15, 0.2) is 60.0 Å². The van der Waals surface area contributed by atoms with Crippen molar-refractivity contribution in [3.05, 3.63) is 60.4 Å². The number of carbonyl (C=O) groups is 1. The van der Waals surface area contributed by atoms with Gasteiger partial charge in [0.2, 0.25) is 0 Å². The van der Waals surface area contributed by atoms with Gasteiger partial charge in [-0.2, -0.15) is 0 Å². The van der Waals surface area contributed by atoms with Crippen molar-refractivity contribution in [1.29, 1.82) is 0 Å². The fourth-order valence-corrected chi connectivity index (χ4v) is 4.08.